The summed E-state index contributed by atoms with van der Waals surface area (Å²) in [6.45, 7) is 4.64. The molecule has 0 unspecified atom stereocenters. The second kappa shape index (κ2) is 8.92. The maximum absolute atomic E-state index is 12.3. The molecule has 0 aliphatic carbocycles. The van der Waals surface area contributed by atoms with Crippen molar-refractivity contribution < 1.29 is 9.53 Å². The van der Waals surface area contributed by atoms with Crippen molar-refractivity contribution in [1.82, 2.24) is 15.1 Å². The summed E-state index contributed by atoms with van der Waals surface area (Å²) in [5.74, 6) is 0.871. The number of nitrogens with zero attached hydrogens (tertiary/aromatic N) is 2. The van der Waals surface area contributed by atoms with Gasteiger partial charge in [-0.3, -0.25) is 4.90 Å². The highest BCUT2D eigenvalue weighted by Crippen LogP contribution is 2.14. The molecule has 0 saturated carbocycles. The van der Waals surface area contributed by atoms with Gasteiger partial charge in [-0.2, -0.15) is 0 Å². The first-order valence-electron chi connectivity index (χ1n) is 8.76. The number of carbonyl (C=O) groups is 1. The van der Waals surface area contributed by atoms with E-state index in [1.807, 2.05) is 41.3 Å². The maximum atomic E-state index is 12.3. The van der Waals surface area contributed by atoms with Crippen molar-refractivity contribution in [2.45, 2.75) is 13.1 Å². The Morgan fingerprint density at radius 2 is 1.62 bits per heavy atom. The number of piperazine rings is 1. The predicted molar refractivity (Wildman–Crippen MR) is 104 cm³/mol. The summed E-state index contributed by atoms with van der Waals surface area (Å²) in [6, 6.07) is 15.6. The van der Waals surface area contributed by atoms with Crippen LogP contribution in [-0.4, -0.2) is 49.1 Å². The van der Waals surface area contributed by atoms with Crippen molar-refractivity contribution in [3.63, 3.8) is 0 Å². The number of benzene rings is 2. The van der Waals surface area contributed by atoms with E-state index in [2.05, 4.69) is 22.3 Å². The summed E-state index contributed by atoms with van der Waals surface area (Å²) in [6.07, 6.45) is 0. The van der Waals surface area contributed by atoms with Gasteiger partial charge in [-0.25, -0.2) is 4.79 Å². The van der Waals surface area contributed by atoms with Crippen LogP contribution in [0.4, 0.5) is 4.79 Å². The molecule has 26 heavy (non-hydrogen) atoms. The van der Waals surface area contributed by atoms with Crippen molar-refractivity contribution in [3.05, 3.63) is 64.7 Å². The van der Waals surface area contributed by atoms with Crippen LogP contribution >= 0.6 is 11.6 Å². The minimum absolute atomic E-state index is 0.0101. The van der Waals surface area contributed by atoms with E-state index in [0.29, 0.717) is 11.6 Å². The lowest BCUT2D eigenvalue weighted by molar-refractivity contribution is 0.135. The molecule has 1 aliphatic rings. The smallest absolute Gasteiger partial charge is 0.317 e. The molecule has 138 valence electrons. The first kappa shape index (κ1) is 18.5. The first-order valence-corrected chi connectivity index (χ1v) is 9.14. The molecule has 0 radical (unpaired) electrons. The van der Waals surface area contributed by atoms with Crippen LogP contribution in [0.3, 0.4) is 0 Å². The summed E-state index contributed by atoms with van der Waals surface area (Å²) in [4.78, 5) is 16.6. The Kier molecular flexibility index (Phi) is 6.36. The minimum atomic E-state index is -0.0101. The van der Waals surface area contributed by atoms with Gasteiger partial charge in [0.25, 0.3) is 0 Å². The van der Waals surface area contributed by atoms with Crippen LogP contribution < -0.4 is 10.1 Å². The van der Waals surface area contributed by atoms with E-state index in [-0.39, 0.29) is 6.03 Å². The summed E-state index contributed by atoms with van der Waals surface area (Å²) >= 11 is 5.88. The molecule has 3 rings (SSSR count). The SMILES string of the molecule is COc1ccc(CN2CCN(C(=O)NCc3ccc(Cl)cc3)CC2)cc1. The molecule has 1 fully saturated rings. The van der Waals surface area contributed by atoms with Crippen LogP contribution in [0.1, 0.15) is 11.1 Å². The van der Waals surface area contributed by atoms with E-state index in [1.54, 1.807) is 7.11 Å². The highest BCUT2D eigenvalue weighted by atomic mass is 35.5. The number of halogens is 1. The van der Waals surface area contributed by atoms with Gasteiger partial charge in [0.15, 0.2) is 0 Å². The van der Waals surface area contributed by atoms with Crippen molar-refractivity contribution in [2.24, 2.45) is 0 Å². The molecule has 2 aromatic carbocycles. The average Bonchev–Trinajstić information content (AvgIpc) is 2.68. The van der Waals surface area contributed by atoms with E-state index in [4.69, 9.17) is 16.3 Å². The van der Waals surface area contributed by atoms with Crippen LogP contribution in [0.15, 0.2) is 48.5 Å². The number of hydrogen-bond acceptors (Lipinski definition) is 3. The summed E-state index contributed by atoms with van der Waals surface area (Å²) < 4.78 is 5.19. The highest BCUT2D eigenvalue weighted by Gasteiger charge is 2.20. The Balaban J connectivity index is 1.42. The molecule has 1 N–H and O–H groups in total. The molecule has 5 nitrogen and oxygen atoms in total. The molecule has 2 amide bonds. The Hall–Kier alpha value is -2.24. The summed E-state index contributed by atoms with van der Waals surface area (Å²) in [7, 11) is 1.67. The lowest BCUT2D eigenvalue weighted by Crippen LogP contribution is -2.51. The number of urea groups is 1. The number of carbonyl (C=O) groups excluding carboxylic acids is 1. The third kappa shape index (κ3) is 5.13. The van der Waals surface area contributed by atoms with E-state index >= 15 is 0 Å². The quantitative estimate of drug-likeness (QED) is 0.873. The van der Waals surface area contributed by atoms with Crippen molar-refractivity contribution in [2.75, 3.05) is 33.3 Å². The van der Waals surface area contributed by atoms with Gasteiger partial charge in [-0.1, -0.05) is 35.9 Å². The largest absolute Gasteiger partial charge is 0.497 e. The standard InChI is InChI=1S/C20H24ClN3O2/c1-26-19-8-4-17(5-9-19)15-23-10-12-24(13-11-23)20(25)22-14-16-2-6-18(21)7-3-16/h2-9H,10-15H2,1H3,(H,22,25). The van der Waals surface area contributed by atoms with Crippen LogP contribution in [-0.2, 0) is 13.1 Å². The first-order chi connectivity index (χ1) is 12.6. The molecule has 2 aromatic rings. The van der Waals surface area contributed by atoms with E-state index in [9.17, 15) is 4.79 Å². The van der Waals surface area contributed by atoms with Gasteiger partial charge in [0.05, 0.1) is 7.11 Å². The fraction of sp³-hybridized carbons (Fsp3) is 0.350. The number of ether oxygens (including phenoxy) is 1. The second-order valence-corrected chi connectivity index (χ2v) is 6.83. The normalized spacial score (nSPS) is 14.9. The second-order valence-electron chi connectivity index (χ2n) is 6.40. The molecule has 1 heterocycles. The highest BCUT2D eigenvalue weighted by molar-refractivity contribution is 6.30. The minimum Gasteiger partial charge on any atom is -0.497 e. The zero-order valence-corrected chi connectivity index (χ0v) is 15.7. The molecule has 1 aliphatic heterocycles. The Morgan fingerprint density at radius 1 is 1.00 bits per heavy atom. The van der Waals surface area contributed by atoms with Crippen LogP contribution in [0, 0.1) is 0 Å². The molecular weight excluding hydrogens is 350 g/mol. The number of methoxy groups -OCH3 is 1. The Bertz CT molecular complexity index is 711. The van der Waals surface area contributed by atoms with Gasteiger partial charge in [0, 0.05) is 44.3 Å². The van der Waals surface area contributed by atoms with Crippen molar-refractivity contribution in [3.8, 4) is 5.75 Å². The van der Waals surface area contributed by atoms with Gasteiger partial charge in [0.2, 0.25) is 0 Å². The van der Waals surface area contributed by atoms with Gasteiger partial charge >= 0.3 is 6.03 Å². The fourth-order valence-electron chi connectivity index (χ4n) is 2.99. The van der Waals surface area contributed by atoms with Gasteiger partial charge < -0.3 is 15.0 Å². The fourth-order valence-corrected chi connectivity index (χ4v) is 3.12. The average molecular weight is 374 g/mol. The Morgan fingerprint density at radius 3 is 2.23 bits per heavy atom. The van der Waals surface area contributed by atoms with Gasteiger partial charge in [-0.05, 0) is 35.4 Å². The predicted octanol–water partition coefficient (Wildman–Crippen LogP) is 3.38. The maximum Gasteiger partial charge on any atom is 0.317 e. The molecule has 0 bridgehead atoms. The van der Waals surface area contributed by atoms with Crippen LogP contribution in [0.5, 0.6) is 5.75 Å². The third-order valence-electron chi connectivity index (χ3n) is 4.58. The molecule has 0 aromatic heterocycles. The lowest BCUT2D eigenvalue weighted by Gasteiger charge is -2.34. The van der Waals surface area contributed by atoms with Crippen LogP contribution in [0.2, 0.25) is 5.02 Å². The van der Waals surface area contributed by atoms with Gasteiger partial charge in [-0.15, -0.1) is 0 Å². The molecule has 0 atom stereocenters. The van der Waals surface area contributed by atoms with E-state index < -0.39 is 0 Å². The molecular formula is C20H24ClN3O2. The Labute approximate surface area is 159 Å². The van der Waals surface area contributed by atoms with Crippen LogP contribution in [0.25, 0.3) is 0 Å². The zero-order chi connectivity index (χ0) is 18.4. The molecule has 6 heteroatoms. The monoisotopic (exact) mass is 373 g/mol. The summed E-state index contributed by atoms with van der Waals surface area (Å²) in [5.41, 5.74) is 2.30. The molecule has 1 saturated heterocycles. The number of hydrogen-bond donors (Lipinski definition) is 1. The number of rotatable bonds is 5. The lowest BCUT2D eigenvalue weighted by atomic mass is 10.2. The third-order valence-corrected chi connectivity index (χ3v) is 4.83. The number of nitrogens with one attached hydrogen (secondary N) is 1. The van der Waals surface area contributed by atoms with Gasteiger partial charge in [0.1, 0.15) is 5.75 Å². The molecule has 0 spiro atoms. The summed E-state index contributed by atoms with van der Waals surface area (Å²) in [5, 5.41) is 3.68. The van der Waals surface area contributed by atoms with Crippen molar-refractivity contribution in [1.29, 1.82) is 0 Å². The number of amides is 2. The topological polar surface area (TPSA) is 44.8 Å². The van der Waals surface area contributed by atoms with E-state index in [1.165, 1.54) is 5.56 Å². The van der Waals surface area contributed by atoms with Crippen molar-refractivity contribution >= 4 is 17.6 Å². The zero-order valence-electron chi connectivity index (χ0n) is 15.0. The van der Waals surface area contributed by atoms with E-state index in [0.717, 1.165) is 44.0 Å².